The van der Waals surface area contributed by atoms with Crippen molar-refractivity contribution in [1.82, 2.24) is 0 Å². The Labute approximate surface area is 135 Å². The molecule has 1 N–H and O–H groups in total. The third kappa shape index (κ3) is 3.58. The number of sulfonamides is 1. The van der Waals surface area contributed by atoms with Crippen molar-refractivity contribution in [1.29, 1.82) is 0 Å². The van der Waals surface area contributed by atoms with E-state index in [0.29, 0.717) is 4.47 Å². The van der Waals surface area contributed by atoms with Crippen molar-refractivity contribution in [2.45, 2.75) is 4.90 Å². The van der Waals surface area contributed by atoms with Gasteiger partial charge in [0.05, 0.1) is 13.1 Å². The molecule has 22 heavy (non-hydrogen) atoms. The molecule has 0 aliphatic rings. The smallest absolute Gasteiger partial charge is 0.265 e. The number of aromatic carboxylic acids is 1. The van der Waals surface area contributed by atoms with Gasteiger partial charge in [0.15, 0.2) is 0 Å². The first-order valence-corrected chi connectivity index (χ1v) is 8.29. The normalized spacial score (nSPS) is 11.0. The summed E-state index contributed by atoms with van der Waals surface area (Å²) in [6.45, 7) is 0. The highest BCUT2D eigenvalue weighted by molar-refractivity contribution is 9.10. The molecule has 0 unspecified atom stereocenters. The summed E-state index contributed by atoms with van der Waals surface area (Å²) >= 11 is 3.21. The third-order valence-electron chi connectivity index (χ3n) is 2.79. The predicted octanol–water partition coefficient (Wildman–Crippen LogP) is 1.62. The van der Waals surface area contributed by atoms with Gasteiger partial charge in [0, 0.05) is 10.2 Å². The van der Waals surface area contributed by atoms with Crippen LogP contribution >= 0.6 is 15.9 Å². The Hall–Kier alpha value is -2.06. The summed E-state index contributed by atoms with van der Waals surface area (Å²) in [6.07, 6.45) is 0. The second-order valence-corrected chi connectivity index (χ2v) is 6.83. The van der Waals surface area contributed by atoms with E-state index < -0.39 is 16.0 Å². The van der Waals surface area contributed by atoms with E-state index >= 15 is 0 Å². The average molecular weight is 385 g/mol. The molecule has 0 heterocycles. The van der Waals surface area contributed by atoms with E-state index in [1.165, 1.54) is 43.5 Å². The molecule has 0 amide bonds. The zero-order valence-corrected chi connectivity index (χ0v) is 13.8. The van der Waals surface area contributed by atoms with Crippen LogP contribution in [0.4, 0.5) is 5.69 Å². The fraction of sp³-hybridized carbons (Fsp3) is 0.0714. The van der Waals surface area contributed by atoms with Crippen LogP contribution in [0.3, 0.4) is 0 Å². The molecule has 0 aliphatic heterocycles. The number of halogens is 1. The highest BCUT2D eigenvalue weighted by atomic mass is 79.9. The molecule has 2 aromatic rings. The summed E-state index contributed by atoms with van der Waals surface area (Å²) in [5.74, 6) is -1.13. The first kappa shape index (κ1) is 16.3. The van der Waals surface area contributed by atoms with Crippen LogP contribution in [0.2, 0.25) is 0 Å². The Morgan fingerprint density at radius 1 is 1.18 bits per heavy atom. The maximum atomic E-state index is 12.4. The Balaban J connectivity index is 2.35. The van der Waals surface area contributed by atoms with Crippen molar-refractivity contribution >= 4 is 37.6 Å². The van der Waals surface area contributed by atoms with Crippen molar-refractivity contribution in [3.05, 3.63) is 52.5 Å². The van der Waals surface area contributed by atoms with Crippen molar-refractivity contribution in [2.75, 3.05) is 11.8 Å². The second kappa shape index (κ2) is 6.37. The van der Waals surface area contributed by atoms with Crippen molar-refractivity contribution in [3.8, 4) is 5.75 Å². The van der Waals surface area contributed by atoms with Crippen LogP contribution in [0.5, 0.6) is 5.75 Å². The molecule has 0 saturated heterocycles. The maximum Gasteiger partial charge on any atom is 0.265 e. The largest absolute Gasteiger partial charge is 0.545 e. The topological polar surface area (TPSA) is 95.5 Å². The standard InChI is InChI=1S/C14H12BrNO5S/c1-21-12-7-4-10(15)8-13(12)22(19,20)16-11-5-2-9(3-6-11)14(17)18/h2-8,16H,1H3,(H,17,18)/p-1. The Bertz CT molecular complexity index is 802. The molecule has 2 aromatic carbocycles. The lowest BCUT2D eigenvalue weighted by molar-refractivity contribution is -0.255. The van der Waals surface area contributed by atoms with Gasteiger partial charge < -0.3 is 14.6 Å². The fourth-order valence-electron chi connectivity index (χ4n) is 1.75. The minimum Gasteiger partial charge on any atom is -0.545 e. The molecule has 8 heteroatoms. The monoisotopic (exact) mass is 384 g/mol. The van der Waals surface area contributed by atoms with Gasteiger partial charge in [-0.3, -0.25) is 4.72 Å². The number of methoxy groups -OCH3 is 1. The molecule has 0 radical (unpaired) electrons. The number of hydrogen-bond acceptors (Lipinski definition) is 5. The van der Waals surface area contributed by atoms with E-state index in [1.807, 2.05) is 0 Å². The number of anilines is 1. The molecular weight excluding hydrogens is 374 g/mol. The van der Waals surface area contributed by atoms with Crippen molar-refractivity contribution < 1.29 is 23.1 Å². The Morgan fingerprint density at radius 3 is 2.36 bits per heavy atom. The summed E-state index contributed by atoms with van der Waals surface area (Å²) in [5.41, 5.74) is 0.190. The first-order chi connectivity index (χ1) is 10.3. The van der Waals surface area contributed by atoms with Crippen molar-refractivity contribution in [3.63, 3.8) is 0 Å². The third-order valence-corrected chi connectivity index (χ3v) is 4.68. The van der Waals surface area contributed by atoms with E-state index in [2.05, 4.69) is 20.7 Å². The summed E-state index contributed by atoms with van der Waals surface area (Å²) in [7, 11) is -2.51. The van der Waals surface area contributed by atoms with Crippen LogP contribution in [0, 0.1) is 0 Å². The van der Waals surface area contributed by atoms with Crippen LogP contribution in [-0.2, 0) is 10.0 Å². The van der Waals surface area contributed by atoms with Gasteiger partial charge in [0.1, 0.15) is 10.6 Å². The number of benzene rings is 2. The van der Waals surface area contributed by atoms with E-state index in [0.717, 1.165) is 0 Å². The molecule has 0 atom stereocenters. The lowest BCUT2D eigenvalue weighted by Gasteiger charge is -2.12. The molecule has 0 spiro atoms. The average Bonchev–Trinajstić information content (AvgIpc) is 2.47. The number of carboxylic acids is 1. The van der Waals surface area contributed by atoms with Gasteiger partial charge in [-0.15, -0.1) is 0 Å². The zero-order valence-electron chi connectivity index (χ0n) is 11.4. The molecule has 2 rings (SSSR count). The highest BCUT2D eigenvalue weighted by Gasteiger charge is 2.20. The number of hydrogen-bond donors (Lipinski definition) is 1. The van der Waals surface area contributed by atoms with Crippen LogP contribution < -0.4 is 14.6 Å². The number of ether oxygens (including phenoxy) is 1. The van der Waals surface area contributed by atoms with Gasteiger partial charge in [-0.25, -0.2) is 8.42 Å². The van der Waals surface area contributed by atoms with Gasteiger partial charge in [-0.05, 0) is 35.9 Å². The predicted molar refractivity (Wildman–Crippen MR) is 82.3 cm³/mol. The summed E-state index contributed by atoms with van der Waals surface area (Å²) in [4.78, 5) is 10.6. The lowest BCUT2D eigenvalue weighted by atomic mass is 10.2. The van der Waals surface area contributed by atoms with E-state index in [4.69, 9.17) is 4.74 Å². The first-order valence-electron chi connectivity index (χ1n) is 6.01. The summed E-state index contributed by atoms with van der Waals surface area (Å²) < 4.78 is 32.8. The van der Waals surface area contributed by atoms with Crippen LogP contribution in [0.15, 0.2) is 51.8 Å². The van der Waals surface area contributed by atoms with Gasteiger partial charge in [-0.1, -0.05) is 28.1 Å². The van der Waals surface area contributed by atoms with Gasteiger partial charge >= 0.3 is 0 Å². The van der Waals surface area contributed by atoms with E-state index in [9.17, 15) is 18.3 Å². The minimum absolute atomic E-state index is 0.0339. The molecule has 6 nitrogen and oxygen atoms in total. The van der Waals surface area contributed by atoms with Crippen molar-refractivity contribution in [2.24, 2.45) is 0 Å². The molecule has 0 aliphatic carbocycles. The van der Waals surface area contributed by atoms with Gasteiger partial charge in [0.25, 0.3) is 10.0 Å². The minimum atomic E-state index is -3.88. The molecule has 0 saturated carbocycles. The zero-order chi connectivity index (χ0) is 16.3. The number of carbonyl (C=O) groups is 1. The maximum absolute atomic E-state index is 12.4. The molecule has 0 bridgehead atoms. The van der Waals surface area contributed by atoms with Gasteiger partial charge in [0.2, 0.25) is 0 Å². The summed E-state index contributed by atoms with van der Waals surface area (Å²) in [6, 6.07) is 9.79. The second-order valence-electron chi connectivity index (χ2n) is 4.27. The molecular formula is C14H11BrNO5S-. The SMILES string of the molecule is COc1ccc(Br)cc1S(=O)(=O)Nc1ccc(C(=O)[O-])cc1. The molecule has 0 fully saturated rings. The number of rotatable bonds is 5. The Morgan fingerprint density at radius 2 is 1.82 bits per heavy atom. The van der Waals surface area contributed by atoms with Crippen LogP contribution in [0.1, 0.15) is 10.4 Å². The molecule has 116 valence electrons. The number of carbonyl (C=O) groups excluding carboxylic acids is 1. The highest BCUT2D eigenvalue weighted by Crippen LogP contribution is 2.28. The van der Waals surface area contributed by atoms with Crippen LogP contribution in [-0.4, -0.2) is 21.5 Å². The van der Waals surface area contributed by atoms with E-state index in [1.54, 1.807) is 6.07 Å². The Kier molecular flexibility index (Phi) is 4.72. The molecule has 0 aromatic heterocycles. The van der Waals surface area contributed by atoms with Crippen LogP contribution in [0.25, 0.3) is 0 Å². The quantitative estimate of drug-likeness (QED) is 0.844. The summed E-state index contributed by atoms with van der Waals surface area (Å²) in [5, 5.41) is 10.7. The van der Waals surface area contributed by atoms with E-state index in [-0.39, 0.29) is 21.9 Å². The number of nitrogens with one attached hydrogen (secondary N) is 1. The lowest BCUT2D eigenvalue weighted by Crippen LogP contribution is -2.22. The van der Waals surface area contributed by atoms with Gasteiger partial charge in [-0.2, -0.15) is 0 Å². The number of carboxylic acid groups (broad SMARTS) is 1. The fourth-order valence-corrected chi connectivity index (χ4v) is 3.51.